The van der Waals surface area contributed by atoms with Crippen LogP contribution in [0.3, 0.4) is 0 Å². The van der Waals surface area contributed by atoms with Gasteiger partial charge < -0.3 is 15.0 Å². The number of piperazine rings is 1. The number of methoxy groups -OCH3 is 1. The normalized spacial score (nSPS) is 21.9. The van der Waals surface area contributed by atoms with Crippen LogP contribution in [-0.2, 0) is 25.5 Å². The zero-order chi connectivity index (χ0) is 19.8. The first-order chi connectivity index (χ1) is 13.6. The molecular formula is C22H24N2O4. The number of carbonyl (C=O) groups excluding carboxylic acids is 3. The number of carbonyl (C=O) groups is 3. The largest absolute Gasteiger partial charge is 0.466 e. The Hall–Kier alpha value is -2.89. The van der Waals surface area contributed by atoms with Gasteiger partial charge in [0.05, 0.1) is 12.7 Å². The molecule has 28 heavy (non-hydrogen) atoms. The van der Waals surface area contributed by atoms with Gasteiger partial charge in [-0.1, -0.05) is 31.2 Å². The molecular weight excluding hydrogens is 356 g/mol. The highest BCUT2D eigenvalue weighted by Gasteiger charge is 2.45. The molecule has 0 saturated carbocycles. The Morgan fingerprint density at radius 1 is 1.21 bits per heavy atom. The fourth-order valence-corrected chi connectivity index (χ4v) is 4.48. The van der Waals surface area contributed by atoms with E-state index < -0.39 is 11.9 Å². The second kappa shape index (κ2) is 7.26. The van der Waals surface area contributed by atoms with Crippen LogP contribution in [0.15, 0.2) is 46.8 Å². The molecule has 2 heterocycles. The molecule has 0 spiro atoms. The highest BCUT2D eigenvalue weighted by Crippen LogP contribution is 2.46. The molecule has 2 aliphatic heterocycles. The summed E-state index contributed by atoms with van der Waals surface area (Å²) >= 11 is 0. The number of nitrogens with one attached hydrogen (secondary N) is 1. The highest BCUT2D eigenvalue weighted by molar-refractivity contribution is 6.09. The highest BCUT2D eigenvalue weighted by atomic mass is 16.5. The minimum absolute atomic E-state index is 0.0530. The Bertz CT molecular complexity index is 911. The predicted molar refractivity (Wildman–Crippen MR) is 103 cm³/mol. The number of esters is 1. The molecule has 1 atom stereocenters. The van der Waals surface area contributed by atoms with E-state index in [4.69, 9.17) is 4.74 Å². The van der Waals surface area contributed by atoms with Gasteiger partial charge >= 0.3 is 5.97 Å². The van der Waals surface area contributed by atoms with Crippen molar-refractivity contribution in [2.24, 2.45) is 0 Å². The fourth-order valence-electron chi connectivity index (χ4n) is 4.48. The minimum atomic E-state index is -0.573. The van der Waals surface area contributed by atoms with Gasteiger partial charge in [-0.2, -0.15) is 0 Å². The Balaban J connectivity index is 1.97. The molecule has 3 aliphatic rings. The van der Waals surface area contributed by atoms with Gasteiger partial charge in [-0.05, 0) is 30.4 Å². The van der Waals surface area contributed by atoms with Gasteiger partial charge in [0.1, 0.15) is 5.70 Å². The lowest BCUT2D eigenvalue weighted by Gasteiger charge is -2.43. The summed E-state index contributed by atoms with van der Waals surface area (Å²) in [7, 11) is 1.31. The summed E-state index contributed by atoms with van der Waals surface area (Å²) < 4.78 is 5.06. The molecule has 1 fully saturated rings. The second-order valence-electron chi connectivity index (χ2n) is 7.33. The molecule has 0 unspecified atom stereocenters. The standard InChI is InChI=1S/C22H24N2O4/c1-3-13-7-9-14(10-8-13)17-18-15(5-4-6-16(18)25)24-12-11-23-21(26)20(24)19(17)22(27)28-2/h7-10,17H,3-6,11-12H2,1-2H3,(H,23,26)/t17-/m0/s1. The monoisotopic (exact) mass is 380 g/mol. The maximum Gasteiger partial charge on any atom is 0.337 e. The van der Waals surface area contributed by atoms with Crippen molar-refractivity contribution in [3.63, 3.8) is 0 Å². The summed E-state index contributed by atoms with van der Waals surface area (Å²) in [4.78, 5) is 40.5. The van der Waals surface area contributed by atoms with Crippen molar-refractivity contribution < 1.29 is 19.1 Å². The van der Waals surface area contributed by atoms with E-state index in [2.05, 4.69) is 12.2 Å². The first-order valence-electron chi connectivity index (χ1n) is 9.80. The molecule has 1 saturated heterocycles. The van der Waals surface area contributed by atoms with Gasteiger partial charge in [0, 0.05) is 36.7 Å². The van der Waals surface area contributed by atoms with Crippen molar-refractivity contribution in [2.75, 3.05) is 20.2 Å². The number of hydrogen-bond donors (Lipinski definition) is 1. The van der Waals surface area contributed by atoms with Gasteiger partial charge in [0.25, 0.3) is 5.91 Å². The van der Waals surface area contributed by atoms with Crippen LogP contribution in [0, 0.1) is 0 Å². The third-order valence-corrected chi connectivity index (χ3v) is 5.82. The number of Topliss-reactive ketones (excluding diaryl/α,β-unsaturated/α-hetero) is 1. The van der Waals surface area contributed by atoms with Gasteiger partial charge in [0.15, 0.2) is 5.78 Å². The van der Waals surface area contributed by atoms with Crippen LogP contribution in [0.4, 0.5) is 0 Å². The summed E-state index contributed by atoms with van der Waals surface area (Å²) in [6, 6.07) is 7.93. The Kier molecular flexibility index (Phi) is 4.79. The SMILES string of the molecule is CCc1ccc([C@H]2C3=C(CCCC3=O)N3CCNC(=O)C3=C2C(=O)OC)cc1. The van der Waals surface area contributed by atoms with E-state index in [1.807, 2.05) is 29.2 Å². The number of benzene rings is 1. The number of allylic oxidation sites excluding steroid dienone is 2. The van der Waals surface area contributed by atoms with E-state index in [1.54, 1.807) is 0 Å². The lowest BCUT2D eigenvalue weighted by molar-refractivity contribution is -0.137. The molecule has 0 radical (unpaired) electrons. The van der Waals surface area contributed by atoms with Gasteiger partial charge in [-0.3, -0.25) is 9.59 Å². The van der Waals surface area contributed by atoms with E-state index in [1.165, 1.54) is 12.7 Å². The van der Waals surface area contributed by atoms with Crippen LogP contribution in [-0.4, -0.2) is 42.8 Å². The topological polar surface area (TPSA) is 75.7 Å². The molecule has 1 N–H and O–H groups in total. The summed E-state index contributed by atoms with van der Waals surface area (Å²) in [6.45, 7) is 3.11. The van der Waals surface area contributed by atoms with E-state index in [9.17, 15) is 14.4 Å². The van der Waals surface area contributed by atoms with Crippen LogP contribution in [0.25, 0.3) is 0 Å². The van der Waals surface area contributed by atoms with E-state index in [-0.39, 0.29) is 17.3 Å². The van der Waals surface area contributed by atoms with Crippen LogP contribution in [0.1, 0.15) is 43.2 Å². The van der Waals surface area contributed by atoms with Gasteiger partial charge in [0.2, 0.25) is 0 Å². The number of amides is 1. The lowest BCUT2D eigenvalue weighted by atomic mass is 9.74. The number of nitrogens with zero attached hydrogens (tertiary/aromatic N) is 1. The lowest BCUT2D eigenvalue weighted by Crippen LogP contribution is -2.50. The molecule has 0 bridgehead atoms. The molecule has 1 amide bonds. The maximum atomic E-state index is 13.0. The number of ether oxygens (including phenoxy) is 1. The summed E-state index contributed by atoms with van der Waals surface area (Å²) in [6.07, 6.45) is 2.86. The predicted octanol–water partition coefficient (Wildman–Crippen LogP) is 2.21. The maximum absolute atomic E-state index is 13.0. The van der Waals surface area contributed by atoms with Crippen LogP contribution in [0.2, 0.25) is 0 Å². The fraction of sp³-hybridized carbons (Fsp3) is 0.409. The molecule has 1 aromatic rings. The van der Waals surface area contributed by atoms with Crippen molar-refractivity contribution in [1.82, 2.24) is 10.2 Å². The number of hydrogen-bond acceptors (Lipinski definition) is 5. The van der Waals surface area contributed by atoms with Crippen molar-refractivity contribution in [2.45, 2.75) is 38.5 Å². The number of aryl methyl sites for hydroxylation is 1. The molecule has 1 aromatic carbocycles. The van der Waals surface area contributed by atoms with Crippen molar-refractivity contribution in [3.05, 3.63) is 57.9 Å². The quantitative estimate of drug-likeness (QED) is 0.814. The summed E-state index contributed by atoms with van der Waals surface area (Å²) in [5.74, 6) is -1.37. The Morgan fingerprint density at radius 2 is 1.96 bits per heavy atom. The third kappa shape index (κ3) is 2.84. The number of fused-ring (bicyclic) bond motifs is 2. The number of rotatable bonds is 3. The number of ketones is 1. The zero-order valence-electron chi connectivity index (χ0n) is 16.2. The first kappa shape index (κ1) is 18.5. The van der Waals surface area contributed by atoms with E-state index in [0.717, 1.165) is 30.5 Å². The van der Waals surface area contributed by atoms with E-state index in [0.29, 0.717) is 30.8 Å². The minimum Gasteiger partial charge on any atom is -0.466 e. The average Bonchev–Trinajstić information content (AvgIpc) is 2.73. The molecule has 6 heteroatoms. The summed E-state index contributed by atoms with van der Waals surface area (Å²) in [5.41, 5.74) is 4.14. The summed E-state index contributed by atoms with van der Waals surface area (Å²) in [5, 5.41) is 2.83. The third-order valence-electron chi connectivity index (χ3n) is 5.82. The van der Waals surface area contributed by atoms with Crippen LogP contribution >= 0.6 is 0 Å². The molecule has 6 nitrogen and oxygen atoms in total. The van der Waals surface area contributed by atoms with Crippen molar-refractivity contribution in [1.29, 1.82) is 0 Å². The Morgan fingerprint density at radius 3 is 2.64 bits per heavy atom. The molecule has 1 aliphatic carbocycles. The average molecular weight is 380 g/mol. The second-order valence-corrected chi connectivity index (χ2v) is 7.33. The van der Waals surface area contributed by atoms with Crippen LogP contribution < -0.4 is 5.32 Å². The smallest absolute Gasteiger partial charge is 0.337 e. The van der Waals surface area contributed by atoms with E-state index >= 15 is 0 Å². The van der Waals surface area contributed by atoms with Gasteiger partial charge in [-0.15, -0.1) is 0 Å². The van der Waals surface area contributed by atoms with Gasteiger partial charge in [-0.25, -0.2) is 4.79 Å². The molecule has 4 rings (SSSR count). The molecule has 146 valence electrons. The van der Waals surface area contributed by atoms with Crippen LogP contribution in [0.5, 0.6) is 0 Å². The van der Waals surface area contributed by atoms with Crippen molar-refractivity contribution >= 4 is 17.7 Å². The first-order valence-corrected chi connectivity index (χ1v) is 9.80. The zero-order valence-corrected chi connectivity index (χ0v) is 16.2. The van der Waals surface area contributed by atoms with Crippen molar-refractivity contribution in [3.8, 4) is 0 Å². The molecule has 0 aromatic heterocycles. The Labute approximate surface area is 164 Å².